The molecule has 2 N–H and O–H groups in total. The summed E-state index contributed by atoms with van der Waals surface area (Å²) < 4.78 is 20.2. The minimum Gasteiger partial charge on any atom is -0.456 e. The Kier molecular flexibility index (Phi) is 4.57. The summed E-state index contributed by atoms with van der Waals surface area (Å²) in [6, 6.07) is 5.92. The number of rotatable bonds is 5. The van der Waals surface area contributed by atoms with E-state index in [0.717, 1.165) is 12.5 Å². The van der Waals surface area contributed by atoms with Crippen molar-refractivity contribution in [1.29, 1.82) is 0 Å². The Balaban J connectivity index is 1.97. The first-order valence-corrected chi connectivity index (χ1v) is 6.77. The van der Waals surface area contributed by atoms with Gasteiger partial charge >= 0.3 is 5.97 Å². The maximum absolute atomic E-state index is 13.3. The van der Waals surface area contributed by atoms with Gasteiger partial charge in [-0.2, -0.15) is 5.10 Å². The zero-order valence-corrected chi connectivity index (χ0v) is 12.0. The molecular weight excluding hydrogens is 273 g/mol. The summed E-state index contributed by atoms with van der Waals surface area (Å²) in [5, 5.41) is 4.32. The molecule has 2 aromatic rings. The van der Waals surface area contributed by atoms with Gasteiger partial charge in [-0.3, -0.25) is 4.68 Å². The van der Waals surface area contributed by atoms with E-state index in [2.05, 4.69) is 18.9 Å². The quantitative estimate of drug-likeness (QED) is 0.679. The van der Waals surface area contributed by atoms with Crippen molar-refractivity contribution in [3.63, 3.8) is 0 Å². The molecule has 0 amide bonds. The fourth-order valence-corrected chi connectivity index (χ4v) is 1.76. The van der Waals surface area contributed by atoms with Crippen LogP contribution in [0.25, 0.3) is 0 Å². The minimum absolute atomic E-state index is 0.00107. The summed E-state index contributed by atoms with van der Waals surface area (Å²) >= 11 is 0. The molecule has 1 unspecified atom stereocenters. The van der Waals surface area contributed by atoms with Crippen molar-refractivity contribution in [3.8, 4) is 0 Å². The largest absolute Gasteiger partial charge is 0.456 e. The molecule has 0 spiro atoms. The van der Waals surface area contributed by atoms with Gasteiger partial charge in [0.1, 0.15) is 12.4 Å². The summed E-state index contributed by atoms with van der Waals surface area (Å²) in [6.45, 7) is 4.18. The number of nitrogens with two attached hydrogens (primary N) is 1. The number of ether oxygens (including phenoxy) is 1. The monoisotopic (exact) mass is 291 g/mol. The van der Waals surface area contributed by atoms with Crippen molar-refractivity contribution in [2.75, 3.05) is 5.73 Å². The second-order valence-corrected chi connectivity index (χ2v) is 4.86. The molecule has 0 fully saturated rings. The Morgan fingerprint density at radius 3 is 2.90 bits per heavy atom. The van der Waals surface area contributed by atoms with Crippen LogP contribution in [-0.2, 0) is 11.3 Å². The average molecular weight is 291 g/mol. The van der Waals surface area contributed by atoms with E-state index >= 15 is 0 Å². The van der Waals surface area contributed by atoms with Crippen LogP contribution in [0.1, 0.15) is 42.4 Å². The molecule has 2 rings (SSSR count). The van der Waals surface area contributed by atoms with Crippen LogP contribution in [0.3, 0.4) is 0 Å². The number of hydrogen-bond acceptors (Lipinski definition) is 4. The smallest absolute Gasteiger partial charge is 0.338 e. The van der Waals surface area contributed by atoms with Crippen molar-refractivity contribution >= 4 is 11.7 Å². The Labute approximate surface area is 122 Å². The van der Waals surface area contributed by atoms with Gasteiger partial charge in [0, 0.05) is 12.2 Å². The van der Waals surface area contributed by atoms with E-state index < -0.39 is 11.8 Å². The second kappa shape index (κ2) is 6.39. The fraction of sp³-hybridized carbons (Fsp3) is 0.333. The lowest BCUT2D eigenvalue weighted by Crippen LogP contribution is -2.08. The predicted octanol–water partition coefficient (Wildman–Crippen LogP) is 2.93. The van der Waals surface area contributed by atoms with Crippen LogP contribution in [0.5, 0.6) is 0 Å². The molecule has 0 saturated carbocycles. The number of anilines is 1. The Bertz CT molecular complexity index is 640. The van der Waals surface area contributed by atoms with Gasteiger partial charge in [0.2, 0.25) is 0 Å². The van der Waals surface area contributed by atoms with Crippen molar-refractivity contribution in [2.45, 2.75) is 32.9 Å². The zero-order valence-electron chi connectivity index (χ0n) is 12.0. The van der Waals surface area contributed by atoms with E-state index in [9.17, 15) is 9.18 Å². The summed E-state index contributed by atoms with van der Waals surface area (Å²) in [4.78, 5) is 11.8. The summed E-state index contributed by atoms with van der Waals surface area (Å²) in [5.41, 5.74) is 6.14. The number of aromatic nitrogens is 2. The van der Waals surface area contributed by atoms with Crippen molar-refractivity contribution in [3.05, 3.63) is 47.5 Å². The molecule has 1 heterocycles. The molecule has 0 aliphatic heterocycles. The van der Waals surface area contributed by atoms with Gasteiger partial charge in [-0.15, -0.1) is 0 Å². The Morgan fingerprint density at radius 2 is 2.24 bits per heavy atom. The lowest BCUT2D eigenvalue weighted by atomic mass is 10.2. The zero-order chi connectivity index (χ0) is 15.4. The molecular formula is C15H18FN3O2. The first kappa shape index (κ1) is 15.0. The first-order valence-electron chi connectivity index (χ1n) is 6.77. The Morgan fingerprint density at radius 1 is 1.48 bits per heavy atom. The lowest BCUT2D eigenvalue weighted by molar-refractivity contribution is 0.0466. The molecule has 0 radical (unpaired) electrons. The maximum atomic E-state index is 13.3. The minimum atomic E-state index is -0.634. The highest BCUT2D eigenvalue weighted by Crippen LogP contribution is 2.14. The molecule has 1 atom stereocenters. The molecule has 1 aromatic carbocycles. The molecule has 1 aromatic heterocycles. The summed E-state index contributed by atoms with van der Waals surface area (Å²) in [7, 11) is 0. The third-order valence-corrected chi connectivity index (χ3v) is 3.29. The van der Waals surface area contributed by atoms with Crippen LogP contribution in [0, 0.1) is 5.82 Å². The van der Waals surface area contributed by atoms with Gasteiger partial charge in [0.05, 0.1) is 16.9 Å². The highest BCUT2D eigenvalue weighted by molar-refractivity contribution is 5.89. The average Bonchev–Trinajstić information content (AvgIpc) is 2.95. The van der Waals surface area contributed by atoms with Crippen molar-refractivity contribution in [1.82, 2.24) is 9.78 Å². The summed E-state index contributed by atoms with van der Waals surface area (Å²) in [5.74, 6) is -1.24. The van der Waals surface area contributed by atoms with E-state index in [-0.39, 0.29) is 17.9 Å². The molecule has 0 aliphatic carbocycles. The number of carbonyl (C=O) groups excluding carboxylic acids is 1. The topological polar surface area (TPSA) is 70.1 Å². The van der Waals surface area contributed by atoms with Crippen LogP contribution in [0.2, 0.25) is 0 Å². The predicted molar refractivity (Wildman–Crippen MR) is 77.2 cm³/mol. The van der Waals surface area contributed by atoms with Crippen LogP contribution < -0.4 is 5.73 Å². The van der Waals surface area contributed by atoms with E-state index in [0.29, 0.717) is 11.7 Å². The third-order valence-electron chi connectivity index (χ3n) is 3.29. The van der Waals surface area contributed by atoms with Gasteiger partial charge in [-0.05, 0) is 37.6 Å². The SMILES string of the molecule is CCC(C)n1ccc(COC(=O)c2ccc(N)c(F)c2)n1. The number of nitrogen functional groups attached to an aromatic ring is 1. The van der Waals surface area contributed by atoms with Crippen LogP contribution >= 0.6 is 0 Å². The molecule has 21 heavy (non-hydrogen) atoms. The maximum Gasteiger partial charge on any atom is 0.338 e. The first-order chi connectivity index (χ1) is 10.0. The molecule has 6 heteroatoms. The van der Waals surface area contributed by atoms with E-state index in [1.165, 1.54) is 12.1 Å². The number of halogens is 1. The summed E-state index contributed by atoms with van der Waals surface area (Å²) in [6.07, 6.45) is 2.81. The third kappa shape index (κ3) is 3.59. The van der Waals surface area contributed by atoms with Gasteiger partial charge in [-0.1, -0.05) is 6.92 Å². The van der Waals surface area contributed by atoms with Crippen molar-refractivity contribution in [2.24, 2.45) is 0 Å². The van der Waals surface area contributed by atoms with Crippen molar-refractivity contribution < 1.29 is 13.9 Å². The van der Waals surface area contributed by atoms with Gasteiger partial charge in [-0.25, -0.2) is 9.18 Å². The number of nitrogens with zero attached hydrogens (tertiary/aromatic N) is 2. The lowest BCUT2D eigenvalue weighted by Gasteiger charge is -2.08. The number of esters is 1. The number of carbonyl (C=O) groups is 1. The molecule has 5 nitrogen and oxygen atoms in total. The molecule has 0 saturated heterocycles. The van der Waals surface area contributed by atoms with E-state index in [4.69, 9.17) is 10.5 Å². The Hall–Kier alpha value is -2.37. The van der Waals surface area contributed by atoms with Crippen LogP contribution in [0.15, 0.2) is 30.5 Å². The molecule has 0 aliphatic rings. The van der Waals surface area contributed by atoms with Gasteiger partial charge < -0.3 is 10.5 Å². The fourth-order valence-electron chi connectivity index (χ4n) is 1.76. The number of hydrogen-bond donors (Lipinski definition) is 1. The highest BCUT2D eigenvalue weighted by Gasteiger charge is 2.11. The van der Waals surface area contributed by atoms with Gasteiger partial charge in [0.25, 0.3) is 0 Å². The second-order valence-electron chi connectivity index (χ2n) is 4.86. The van der Waals surface area contributed by atoms with E-state index in [1.807, 2.05) is 10.9 Å². The van der Waals surface area contributed by atoms with Gasteiger partial charge in [0.15, 0.2) is 0 Å². The molecule has 112 valence electrons. The normalized spacial score (nSPS) is 12.1. The highest BCUT2D eigenvalue weighted by atomic mass is 19.1. The van der Waals surface area contributed by atoms with E-state index in [1.54, 1.807) is 6.07 Å². The van der Waals surface area contributed by atoms with Crippen LogP contribution in [-0.4, -0.2) is 15.7 Å². The standard InChI is InChI=1S/C15H18FN3O2/c1-3-10(2)19-7-6-12(18-19)9-21-15(20)11-4-5-14(17)13(16)8-11/h4-8,10H,3,9,17H2,1-2H3. The molecule has 0 bridgehead atoms. The number of benzene rings is 1. The van der Waals surface area contributed by atoms with Crippen LogP contribution in [0.4, 0.5) is 10.1 Å².